The van der Waals surface area contributed by atoms with Crippen LogP contribution < -0.4 is 9.47 Å². The van der Waals surface area contributed by atoms with Crippen LogP contribution in [0, 0.1) is 0 Å². The summed E-state index contributed by atoms with van der Waals surface area (Å²) in [5, 5.41) is 1.68. The normalized spacial score (nSPS) is 10.9. The summed E-state index contributed by atoms with van der Waals surface area (Å²) in [4.78, 5) is 23.1. The van der Waals surface area contributed by atoms with Crippen molar-refractivity contribution in [1.82, 2.24) is 0 Å². The molecule has 0 saturated heterocycles. The average Bonchev–Trinajstić information content (AvgIpc) is 2.64. The zero-order chi connectivity index (χ0) is 19.2. The average molecular weight is 360 g/mol. The lowest BCUT2D eigenvalue weighted by molar-refractivity contribution is -0.134. The van der Waals surface area contributed by atoms with Gasteiger partial charge in [0.15, 0.2) is 11.5 Å². The maximum absolute atomic E-state index is 11.5. The van der Waals surface area contributed by atoms with Crippen molar-refractivity contribution >= 4 is 28.8 Å². The monoisotopic (exact) mass is 360 g/mol. The zero-order valence-electron chi connectivity index (χ0n) is 15.3. The van der Waals surface area contributed by atoms with Gasteiger partial charge in [-0.3, -0.25) is 9.59 Å². The molecular formula is C23H20O4. The first kappa shape index (κ1) is 18.4. The van der Waals surface area contributed by atoms with Gasteiger partial charge in [-0.25, -0.2) is 0 Å². The Morgan fingerprint density at radius 1 is 0.852 bits per heavy atom. The summed E-state index contributed by atoms with van der Waals surface area (Å²) in [5.41, 5.74) is 2.09. The van der Waals surface area contributed by atoms with Crippen molar-refractivity contribution < 1.29 is 19.1 Å². The predicted molar refractivity (Wildman–Crippen MR) is 106 cm³/mol. The maximum atomic E-state index is 11.5. The fraction of sp³-hybridized carbons (Fsp3) is 0.130. The molecule has 0 bridgehead atoms. The Morgan fingerprint density at radius 2 is 1.48 bits per heavy atom. The van der Waals surface area contributed by atoms with Crippen LogP contribution in [0.4, 0.5) is 0 Å². The Kier molecular flexibility index (Phi) is 5.67. The Balaban J connectivity index is 2.05. The van der Waals surface area contributed by atoms with Gasteiger partial charge in [-0.05, 0) is 29.0 Å². The predicted octanol–water partition coefficient (Wildman–Crippen LogP) is 4.95. The van der Waals surface area contributed by atoms with Gasteiger partial charge in [-0.15, -0.1) is 0 Å². The van der Waals surface area contributed by atoms with E-state index in [9.17, 15) is 9.59 Å². The van der Waals surface area contributed by atoms with E-state index < -0.39 is 11.9 Å². The number of benzene rings is 3. The lowest BCUT2D eigenvalue weighted by Crippen LogP contribution is -2.08. The lowest BCUT2D eigenvalue weighted by atomic mass is 10.00. The number of esters is 2. The molecule has 3 aromatic carbocycles. The summed E-state index contributed by atoms with van der Waals surface area (Å²) in [6.07, 6.45) is 4.74. The number of rotatable bonds is 5. The number of carbonyl (C=O) groups is 2. The van der Waals surface area contributed by atoms with Gasteiger partial charge in [0.2, 0.25) is 0 Å². The molecule has 0 radical (unpaired) electrons. The van der Waals surface area contributed by atoms with Crippen LogP contribution in [0.5, 0.6) is 11.5 Å². The van der Waals surface area contributed by atoms with Gasteiger partial charge >= 0.3 is 11.9 Å². The van der Waals surface area contributed by atoms with Crippen molar-refractivity contribution in [2.75, 3.05) is 0 Å². The molecule has 0 unspecified atom stereocenters. The Bertz CT molecular complexity index is 1000. The molecule has 0 saturated carbocycles. The Morgan fingerprint density at radius 3 is 2.15 bits per heavy atom. The van der Waals surface area contributed by atoms with Gasteiger partial charge in [0, 0.05) is 19.2 Å². The molecule has 0 amide bonds. The molecule has 0 aliphatic carbocycles. The minimum atomic E-state index is -0.468. The topological polar surface area (TPSA) is 52.6 Å². The van der Waals surface area contributed by atoms with Crippen molar-refractivity contribution in [1.29, 1.82) is 0 Å². The fourth-order valence-corrected chi connectivity index (χ4v) is 2.93. The molecule has 27 heavy (non-hydrogen) atoms. The number of hydrogen-bond acceptors (Lipinski definition) is 4. The van der Waals surface area contributed by atoms with Gasteiger partial charge in [0.1, 0.15) is 0 Å². The van der Waals surface area contributed by atoms with Crippen molar-refractivity contribution in [2.24, 2.45) is 0 Å². The van der Waals surface area contributed by atoms with Crippen LogP contribution in [0.15, 0.2) is 66.7 Å². The Hall–Kier alpha value is -3.40. The largest absolute Gasteiger partial charge is 0.423 e. The zero-order valence-corrected chi connectivity index (χ0v) is 15.3. The first-order valence-corrected chi connectivity index (χ1v) is 8.67. The van der Waals surface area contributed by atoms with E-state index >= 15 is 0 Å². The Labute approximate surface area is 158 Å². The summed E-state index contributed by atoms with van der Waals surface area (Å²) in [6, 6.07) is 19.4. The van der Waals surface area contributed by atoms with E-state index in [4.69, 9.17) is 9.47 Å². The van der Waals surface area contributed by atoms with Gasteiger partial charge in [0.05, 0.1) is 0 Å². The SMILES string of the molecule is CC(=O)Oc1cc(C/C=C\c2ccccc2)c2ccccc2c1OC(C)=O. The third kappa shape index (κ3) is 4.61. The van der Waals surface area contributed by atoms with Gasteiger partial charge in [-0.1, -0.05) is 66.7 Å². The molecule has 0 N–H and O–H groups in total. The molecular weight excluding hydrogens is 340 g/mol. The van der Waals surface area contributed by atoms with Crippen molar-refractivity contribution in [3.8, 4) is 11.5 Å². The molecule has 0 spiro atoms. The quantitative estimate of drug-likeness (QED) is 0.477. The lowest BCUT2D eigenvalue weighted by Gasteiger charge is -2.14. The van der Waals surface area contributed by atoms with Crippen LogP contribution in [0.1, 0.15) is 25.0 Å². The molecule has 0 atom stereocenters. The minimum absolute atomic E-state index is 0.250. The maximum Gasteiger partial charge on any atom is 0.308 e. The summed E-state index contributed by atoms with van der Waals surface area (Å²) in [6.45, 7) is 2.64. The second-order valence-electron chi connectivity index (χ2n) is 6.11. The third-order valence-corrected chi connectivity index (χ3v) is 3.99. The summed E-state index contributed by atoms with van der Waals surface area (Å²) < 4.78 is 10.7. The van der Waals surface area contributed by atoms with Crippen molar-refractivity contribution in [3.05, 3.63) is 77.9 Å². The molecule has 4 heteroatoms. The van der Waals surface area contributed by atoms with Crippen LogP contribution in [-0.2, 0) is 16.0 Å². The van der Waals surface area contributed by atoms with Gasteiger partial charge in [-0.2, -0.15) is 0 Å². The van der Waals surface area contributed by atoms with Crippen LogP contribution >= 0.6 is 0 Å². The molecule has 136 valence electrons. The second-order valence-corrected chi connectivity index (χ2v) is 6.11. The third-order valence-electron chi connectivity index (χ3n) is 3.99. The molecule has 4 nitrogen and oxygen atoms in total. The molecule has 0 aromatic heterocycles. The molecule has 0 aliphatic heterocycles. The van der Waals surface area contributed by atoms with Crippen LogP contribution in [0.2, 0.25) is 0 Å². The summed E-state index contributed by atoms with van der Waals surface area (Å²) in [7, 11) is 0. The van der Waals surface area contributed by atoms with E-state index in [2.05, 4.69) is 6.08 Å². The van der Waals surface area contributed by atoms with Crippen LogP contribution in [-0.4, -0.2) is 11.9 Å². The molecule has 0 fully saturated rings. The van der Waals surface area contributed by atoms with Gasteiger partial charge < -0.3 is 9.47 Å². The highest BCUT2D eigenvalue weighted by Crippen LogP contribution is 2.38. The standard InChI is InChI=1S/C23H20O4/c1-16(24)26-22-15-19(12-8-11-18-9-4-3-5-10-18)20-13-6-7-14-21(20)23(22)27-17(2)25/h3-11,13-15H,12H2,1-2H3/b11-8-. The highest BCUT2D eigenvalue weighted by molar-refractivity contribution is 5.96. The van der Waals surface area contributed by atoms with Crippen molar-refractivity contribution in [2.45, 2.75) is 20.3 Å². The fourth-order valence-electron chi connectivity index (χ4n) is 2.93. The molecule has 0 aliphatic rings. The highest BCUT2D eigenvalue weighted by Gasteiger charge is 2.17. The number of carbonyl (C=O) groups excluding carboxylic acids is 2. The second kappa shape index (κ2) is 8.32. The van der Waals surface area contributed by atoms with Crippen LogP contribution in [0.3, 0.4) is 0 Å². The van der Waals surface area contributed by atoms with Crippen molar-refractivity contribution in [3.63, 3.8) is 0 Å². The van der Waals surface area contributed by atoms with E-state index in [1.54, 1.807) is 6.07 Å². The van der Waals surface area contributed by atoms with E-state index in [0.29, 0.717) is 6.42 Å². The molecule has 3 aromatic rings. The van der Waals surface area contributed by atoms with Gasteiger partial charge in [0.25, 0.3) is 0 Å². The molecule has 0 heterocycles. The number of hydrogen-bond donors (Lipinski definition) is 0. The number of fused-ring (bicyclic) bond motifs is 1. The van der Waals surface area contributed by atoms with E-state index in [-0.39, 0.29) is 11.5 Å². The van der Waals surface area contributed by atoms with E-state index in [0.717, 1.165) is 21.9 Å². The van der Waals surface area contributed by atoms with E-state index in [1.807, 2.05) is 60.7 Å². The smallest absolute Gasteiger partial charge is 0.308 e. The van der Waals surface area contributed by atoms with Crippen LogP contribution in [0.25, 0.3) is 16.8 Å². The highest BCUT2D eigenvalue weighted by atomic mass is 16.6. The van der Waals surface area contributed by atoms with E-state index in [1.165, 1.54) is 13.8 Å². The summed E-state index contributed by atoms with van der Waals surface area (Å²) >= 11 is 0. The first-order chi connectivity index (χ1) is 13.0. The minimum Gasteiger partial charge on any atom is -0.423 e. The first-order valence-electron chi connectivity index (χ1n) is 8.67. The molecule has 3 rings (SSSR count). The number of ether oxygens (including phenoxy) is 2. The number of allylic oxidation sites excluding steroid dienone is 1. The summed E-state index contributed by atoms with van der Waals surface area (Å²) in [5.74, 6) is -0.418.